The molecule has 2 nitrogen and oxygen atoms in total. The second kappa shape index (κ2) is 5.64. The first-order valence-electron chi connectivity index (χ1n) is 8.51. The maximum Gasteiger partial charge on any atom is 0.115 e. The quantitative estimate of drug-likeness (QED) is 0.873. The number of rotatable bonds is 3. The van der Waals surface area contributed by atoms with Crippen LogP contribution in [-0.4, -0.2) is 16.8 Å². The highest BCUT2D eigenvalue weighted by Gasteiger charge is 2.47. The normalized spacial score (nSPS) is 35.1. The number of phenols is 1. The number of aliphatic hydroxyl groups excluding tert-OH is 1. The number of hydrogen-bond acceptors (Lipinski definition) is 2. The molecule has 116 valence electrons. The summed E-state index contributed by atoms with van der Waals surface area (Å²) >= 11 is 0. The second-order valence-electron chi connectivity index (χ2n) is 7.44. The number of phenolic OH excluding ortho intramolecular Hbond substituents is 1. The van der Waals surface area contributed by atoms with E-state index >= 15 is 0 Å². The standard InChI is InChI=1S/C19H28O2/c1-3-4-18-17-7-5-13-11-14(21)6-8-15(13)16(17)9-10-19(18,2)12-20/h6,8,11,16-18,20-21H,3-5,7,9-10,12H2,1-2H3. The summed E-state index contributed by atoms with van der Waals surface area (Å²) in [4.78, 5) is 0. The molecule has 2 N–H and O–H groups in total. The summed E-state index contributed by atoms with van der Waals surface area (Å²) in [5.41, 5.74) is 2.91. The van der Waals surface area contributed by atoms with Crippen LogP contribution < -0.4 is 0 Å². The maximum absolute atomic E-state index is 9.94. The first-order chi connectivity index (χ1) is 10.1. The van der Waals surface area contributed by atoms with Crippen LogP contribution in [0, 0.1) is 17.3 Å². The van der Waals surface area contributed by atoms with Crippen LogP contribution >= 0.6 is 0 Å². The first kappa shape index (κ1) is 14.9. The molecule has 0 aromatic heterocycles. The Hall–Kier alpha value is -1.02. The van der Waals surface area contributed by atoms with Gasteiger partial charge in [0.05, 0.1) is 0 Å². The predicted molar refractivity (Wildman–Crippen MR) is 85.5 cm³/mol. The average molecular weight is 288 g/mol. The largest absolute Gasteiger partial charge is 0.508 e. The molecule has 1 aromatic carbocycles. The lowest BCUT2D eigenvalue weighted by Crippen LogP contribution is -2.44. The van der Waals surface area contributed by atoms with E-state index in [1.165, 1.54) is 36.8 Å². The summed E-state index contributed by atoms with van der Waals surface area (Å²) in [5.74, 6) is 2.36. The molecule has 4 atom stereocenters. The van der Waals surface area contributed by atoms with Crippen molar-refractivity contribution in [1.82, 2.24) is 0 Å². The molecule has 0 aliphatic heterocycles. The van der Waals surface area contributed by atoms with E-state index < -0.39 is 0 Å². The van der Waals surface area contributed by atoms with Crippen molar-refractivity contribution in [1.29, 1.82) is 0 Å². The zero-order valence-corrected chi connectivity index (χ0v) is 13.3. The minimum Gasteiger partial charge on any atom is -0.508 e. The molecule has 0 radical (unpaired) electrons. The Morgan fingerprint density at radius 3 is 2.81 bits per heavy atom. The van der Waals surface area contributed by atoms with Crippen LogP contribution in [0.3, 0.4) is 0 Å². The molecule has 2 aliphatic carbocycles. The fourth-order valence-electron chi connectivity index (χ4n) is 5.03. The van der Waals surface area contributed by atoms with Crippen molar-refractivity contribution in [2.75, 3.05) is 6.61 Å². The van der Waals surface area contributed by atoms with Crippen LogP contribution in [0.4, 0.5) is 0 Å². The van der Waals surface area contributed by atoms with Crippen molar-refractivity contribution in [3.05, 3.63) is 29.3 Å². The van der Waals surface area contributed by atoms with Crippen molar-refractivity contribution in [3.63, 3.8) is 0 Å². The summed E-state index contributed by atoms with van der Waals surface area (Å²) < 4.78 is 0. The van der Waals surface area contributed by atoms with Crippen LogP contribution in [0.2, 0.25) is 0 Å². The Morgan fingerprint density at radius 2 is 2.10 bits per heavy atom. The number of aliphatic hydroxyl groups is 1. The van der Waals surface area contributed by atoms with Gasteiger partial charge in [0.25, 0.3) is 0 Å². The molecular formula is C19H28O2. The highest BCUT2D eigenvalue weighted by atomic mass is 16.3. The molecule has 2 heteroatoms. The summed E-state index contributed by atoms with van der Waals surface area (Å²) in [7, 11) is 0. The van der Waals surface area contributed by atoms with Gasteiger partial charge >= 0.3 is 0 Å². The molecule has 0 heterocycles. The molecule has 2 aliphatic rings. The SMILES string of the molecule is CCCC1C2CCc3cc(O)ccc3C2CCC1(C)CO. The highest BCUT2D eigenvalue weighted by Crippen LogP contribution is 2.56. The molecule has 1 saturated carbocycles. The third kappa shape index (κ3) is 2.48. The molecule has 0 saturated heterocycles. The van der Waals surface area contributed by atoms with Gasteiger partial charge in [-0.1, -0.05) is 26.3 Å². The number of fused-ring (bicyclic) bond motifs is 3. The number of hydrogen-bond donors (Lipinski definition) is 2. The molecule has 1 fully saturated rings. The van der Waals surface area contributed by atoms with Gasteiger partial charge < -0.3 is 10.2 Å². The van der Waals surface area contributed by atoms with Crippen molar-refractivity contribution >= 4 is 0 Å². The first-order valence-corrected chi connectivity index (χ1v) is 8.51. The van der Waals surface area contributed by atoms with Gasteiger partial charge in [-0.15, -0.1) is 0 Å². The van der Waals surface area contributed by atoms with Crippen molar-refractivity contribution < 1.29 is 10.2 Å². The lowest BCUT2D eigenvalue weighted by Gasteiger charge is -2.51. The Balaban J connectivity index is 1.94. The van der Waals surface area contributed by atoms with E-state index in [0.29, 0.717) is 30.1 Å². The molecule has 4 unspecified atom stereocenters. The van der Waals surface area contributed by atoms with Crippen LogP contribution in [-0.2, 0) is 6.42 Å². The van der Waals surface area contributed by atoms with E-state index in [-0.39, 0.29) is 5.41 Å². The van der Waals surface area contributed by atoms with Crippen molar-refractivity contribution in [2.24, 2.45) is 17.3 Å². The van der Waals surface area contributed by atoms with Crippen molar-refractivity contribution in [2.45, 2.75) is 58.3 Å². The van der Waals surface area contributed by atoms with E-state index in [4.69, 9.17) is 0 Å². The highest BCUT2D eigenvalue weighted by molar-refractivity contribution is 5.39. The van der Waals surface area contributed by atoms with Crippen LogP contribution in [0.25, 0.3) is 0 Å². The summed E-state index contributed by atoms with van der Waals surface area (Å²) in [6.07, 6.45) is 7.01. The number of benzene rings is 1. The molecule has 0 amide bonds. The molecule has 0 bridgehead atoms. The molecule has 21 heavy (non-hydrogen) atoms. The molecular weight excluding hydrogens is 260 g/mol. The van der Waals surface area contributed by atoms with Gasteiger partial charge in [-0.3, -0.25) is 0 Å². The van der Waals surface area contributed by atoms with E-state index in [2.05, 4.69) is 19.9 Å². The van der Waals surface area contributed by atoms with Gasteiger partial charge in [-0.25, -0.2) is 0 Å². The third-order valence-corrected chi connectivity index (χ3v) is 6.19. The van der Waals surface area contributed by atoms with Gasteiger partial charge in [0, 0.05) is 6.61 Å². The maximum atomic E-state index is 9.94. The topological polar surface area (TPSA) is 40.5 Å². The Bertz CT molecular complexity index is 510. The Morgan fingerprint density at radius 1 is 1.29 bits per heavy atom. The second-order valence-corrected chi connectivity index (χ2v) is 7.44. The monoisotopic (exact) mass is 288 g/mol. The van der Waals surface area contributed by atoms with E-state index in [0.717, 1.165) is 12.8 Å². The smallest absolute Gasteiger partial charge is 0.115 e. The Kier molecular flexibility index (Phi) is 4.00. The minimum atomic E-state index is 0.103. The van der Waals surface area contributed by atoms with Crippen LogP contribution in [0.5, 0.6) is 5.75 Å². The summed E-state index contributed by atoms with van der Waals surface area (Å²) in [6.45, 7) is 4.87. The van der Waals surface area contributed by atoms with Gasteiger partial charge in [0.1, 0.15) is 5.75 Å². The van der Waals surface area contributed by atoms with Gasteiger partial charge in [0.2, 0.25) is 0 Å². The molecule has 0 spiro atoms. The Labute approximate surface area is 128 Å². The lowest BCUT2D eigenvalue weighted by molar-refractivity contribution is -0.0177. The average Bonchev–Trinajstić information content (AvgIpc) is 2.49. The van der Waals surface area contributed by atoms with E-state index in [9.17, 15) is 10.2 Å². The van der Waals surface area contributed by atoms with E-state index in [1.807, 2.05) is 12.1 Å². The fraction of sp³-hybridized carbons (Fsp3) is 0.684. The van der Waals surface area contributed by atoms with Crippen molar-refractivity contribution in [3.8, 4) is 5.75 Å². The van der Waals surface area contributed by atoms with Gasteiger partial charge in [-0.2, -0.15) is 0 Å². The van der Waals surface area contributed by atoms with Crippen LogP contribution in [0.15, 0.2) is 18.2 Å². The number of aromatic hydroxyl groups is 1. The molecule has 3 rings (SSSR count). The fourth-order valence-corrected chi connectivity index (χ4v) is 5.03. The molecule has 1 aromatic rings. The lowest BCUT2D eigenvalue weighted by atomic mass is 9.54. The number of aryl methyl sites for hydroxylation is 1. The van der Waals surface area contributed by atoms with Crippen LogP contribution in [0.1, 0.15) is 63.0 Å². The summed E-state index contributed by atoms with van der Waals surface area (Å²) in [5, 5.41) is 19.6. The van der Waals surface area contributed by atoms with Gasteiger partial charge in [-0.05, 0) is 78.5 Å². The minimum absolute atomic E-state index is 0.103. The zero-order valence-electron chi connectivity index (χ0n) is 13.3. The summed E-state index contributed by atoms with van der Waals surface area (Å²) in [6, 6.07) is 5.95. The van der Waals surface area contributed by atoms with E-state index in [1.54, 1.807) is 0 Å². The van der Waals surface area contributed by atoms with Gasteiger partial charge in [0.15, 0.2) is 0 Å². The predicted octanol–water partition coefficient (Wildman–Crippen LogP) is 4.25. The zero-order chi connectivity index (χ0) is 15.0. The third-order valence-electron chi connectivity index (χ3n) is 6.19.